The minimum absolute atomic E-state index is 0.0232. The highest BCUT2D eigenvalue weighted by Crippen LogP contribution is 2.31. The van der Waals surface area contributed by atoms with Crippen LogP contribution in [0.4, 0.5) is 0 Å². The zero-order valence-electron chi connectivity index (χ0n) is 12.0. The molecule has 0 bridgehead atoms. The van der Waals surface area contributed by atoms with Crippen LogP contribution in [0.15, 0.2) is 5.16 Å². The quantitative estimate of drug-likeness (QED) is 0.301. The summed E-state index contributed by atoms with van der Waals surface area (Å²) < 4.78 is 0. The van der Waals surface area contributed by atoms with Gasteiger partial charge in [-0.15, -0.1) is 0 Å². The minimum atomic E-state index is -0.926. The van der Waals surface area contributed by atoms with Crippen LogP contribution < -0.4 is 11.1 Å². The molecule has 110 valence electrons. The van der Waals surface area contributed by atoms with Gasteiger partial charge in [-0.25, -0.2) is 0 Å². The molecule has 1 rings (SSSR count). The van der Waals surface area contributed by atoms with Gasteiger partial charge in [0.1, 0.15) is 5.41 Å². The van der Waals surface area contributed by atoms with Crippen molar-refractivity contribution in [1.29, 1.82) is 0 Å². The van der Waals surface area contributed by atoms with Crippen LogP contribution in [0.1, 0.15) is 46.5 Å². The lowest BCUT2D eigenvalue weighted by Crippen LogP contribution is -2.50. The molecule has 6 heteroatoms. The van der Waals surface area contributed by atoms with Gasteiger partial charge in [0.15, 0.2) is 5.84 Å². The molecule has 0 radical (unpaired) electrons. The summed E-state index contributed by atoms with van der Waals surface area (Å²) >= 11 is 1.95. The largest absolute Gasteiger partial charge is 0.409 e. The number of nitrogens with two attached hydrogens (primary N) is 1. The number of hydrogen-bond donors (Lipinski definition) is 3. The van der Waals surface area contributed by atoms with Crippen LogP contribution in [0.25, 0.3) is 0 Å². The molecule has 5 nitrogen and oxygen atoms in total. The lowest BCUT2D eigenvalue weighted by Gasteiger charge is -2.27. The predicted molar refractivity (Wildman–Crippen MR) is 79.5 cm³/mol. The van der Waals surface area contributed by atoms with Gasteiger partial charge >= 0.3 is 0 Å². The van der Waals surface area contributed by atoms with Gasteiger partial charge in [0.05, 0.1) is 0 Å². The molecule has 0 aliphatic heterocycles. The Kier molecular flexibility index (Phi) is 5.97. The fourth-order valence-corrected chi connectivity index (χ4v) is 3.51. The van der Waals surface area contributed by atoms with E-state index in [4.69, 9.17) is 10.9 Å². The Labute approximate surface area is 119 Å². The second-order valence-electron chi connectivity index (χ2n) is 5.23. The van der Waals surface area contributed by atoms with Crippen LogP contribution in [0.2, 0.25) is 0 Å². The zero-order chi connectivity index (χ0) is 14.5. The molecule has 3 atom stereocenters. The first-order valence-corrected chi connectivity index (χ1v) is 7.93. The number of oxime groups is 1. The molecule has 0 aromatic carbocycles. The first kappa shape index (κ1) is 16.1. The van der Waals surface area contributed by atoms with Crippen molar-refractivity contribution in [2.24, 2.45) is 16.3 Å². The van der Waals surface area contributed by atoms with Crippen molar-refractivity contribution in [3.63, 3.8) is 0 Å². The SMILES string of the molecule is CCSC1CCC(NC(=O)C(C)(CC)C(N)=NO)C1. The van der Waals surface area contributed by atoms with E-state index in [1.165, 1.54) is 0 Å². The summed E-state index contributed by atoms with van der Waals surface area (Å²) in [6.07, 6.45) is 3.68. The first-order valence-electron chi connectivity index (χ1n) is 6.88. The smallest absolute Gasteiger partial charge is 0.233 e. The topological polar surface area (TPSA) is 87.7 Å². The van der Waals surface area contributed by atoms with Crippen molar-refractivity contribution >= 4 is 23.5 Å². The van der Waals surface area contributed by atoms with Crippen LogP contribution in [-0.2, 0) is 4.79 Å². The van der Waals surface area contributed by atoms with Crippen molar-refractivity contribution in [3.8, 4) is 0 Å². The number of rotatable bonds is 6. The van der Waals surface area contributed by atoms with Crippen LogP contribution >= 0.6 is 11.8 Å². The number of amidine groups is 1. The summed E-state index contributed by atoms with van der Waals surface area (Å²) in [4.78, 5) is 12.3. The van der Waals surface area contributed by atoms with Gasteiger partial charge in [-0.2, -0.15) is 11.8 Å². The molecule has 1 aliphatic rings. The van der Waals surface area contributed by atoms with Gasteiger partial charge in [0.25, 0.3) is 0 Å². The third-order valence-electron chi connectivity index (χ3n) is 4.00. The molecule has 4 N–H and O–H groups in total. The lowest BCUT2D eigenvalue weighted by molar-refractivity contribution is -0.127. The molecule has 1 saturated carbocycles. The third-order valence-corrected chi connectivity index (χ3v) is 5.24. The van der Waals surface area contributed by atoms with Crippen molar-refractivity contribution in [1.82, 2.24) is 5.32 Å². The molecule has 0 saturated heterocycles. The van der Waals surface area contributed by atoms with Crippen molar-refractivity contribution in [3.05, 3.63) is 0 Å². The van der Waals surface area contributed by atoms with Crippen LogP contribution in [0.5, 0.6) is 0 Å². The van der Waals surface area contributed by atoms with E-state index in [-0.39, 0.29) is 17.8 Å². The number of nitrogens with one attached hydrogen (secondary N) is 1. The number of nitrogens with zero attached hydrogens (tertiary/aromatic N) is 1. The van der Waals surface area contributed by atoms with E-state index in [1.54, 1.807) is 6.92 Å². The van der Waals surface area contributed by atoms with Gasteiger partial charge in [-0.3, -0.25) is 4.79 Å². The molecule has 3 unspecified atom stereocenters. The van der Waals surface area contributed by atoms with Crippen molar-refractivity contribution < 1.29 is 10.0 Å². The lowest BCUT2D eigenvalue weighted by atomic mass is 9.85. The number of hydrogen-bond acceptors (Lipinski definition) is 4. The third kappa shape index (κ3) is 3.78. The summed E-state index contributed by atoms with van der Waals surface area (Å²) in [5.74, 6) is 0.949. The molecule has 1 fully saturated rings. The van der Waals surface area contributed by atoms with E-state index >= 15 is 0 Å². The number of carbonyl (C=O) groups excluding carboxylic acids is 1. The monoisotopic (exact) mass is 287 g/mol. The first-order chi connectivity index (χ1) is 8.97. The van der Waals surface area contributed by atoms with Gasteiger partial charge in [-0.05, 0) is 38.4 Å². The Bertz CT molecular complexity index is 349. The fourth-order valence-electron chi connectivity index (χ4n) is 2.37. The zero-order valence-corrected chi connectivity index (χ0v) is 12.8. The van der Waals surface area contributed by atoms with Gasteiger partial charge in [-0.1, -0.05) is 19.0 Å². The normalized spacial score (nSPS) is 27.0. The Balaban J connectivity index is 2.60. The Morgan fingerprint density at radius 2 is 2.21 bits per heavy atom. The van der Waals surface area contributed by atoms with E-state index < -0.39 is 5.41 Å². The molecule has 0 heterocycles. The van der Waals surface area contributed by atoms with E-state index in [0.29, 0.717) is 11.7 Å². The van der Waals surface area contributed by atoms with Gasteiger partial charge in [0.2, 0.25) is 5.91 Å². The molecule has 0 aromatic heterocycles. The van der Waals surface area contributed by atoms with Crippen LogP contribution in [-0.4, -0.2) is 34.0 Å². The maximum absolute atomic E-state index is 12.3. The Hall–Kier alpha value is -0.910. The summed E-state index contributed by atoms with van der Waals surface area (Å²) in [5, 5.41) is 15.5. The number of thioether (sulfide) groups is 1. The molecule has 19 heavy (non-hydrogen) atoms. The molecule has 0 spiro atoms. The second kappa shape index (κ2) is 7.03. The van der Waals surface area contributed by atoms with E-state index in [0.717, 1.165) is 25.0 Å². The van der Waals surface area contributed by atoms with Gasteiger partial charge in [0, 0.05) is 11.3 Å². The fraction of sp³-hybridized carbons (Fsp3) is 0.846. The maximum Gasteiger partial charge on any atom is 0.233 e. The molecule has 1 amide bonds. The summed E-state index contributed by atoms with van der Waals surface area (Å²) in [6.45, 7) is 5.73. The number of carbonyl (C=O) groups is 1. The van der Waals surface area contributed by atoms with Crippen molar-refractivity contribution in [2.45, 2.75) is 57.7 Å². The van der Waals surface area contributed by atoms with E-state index in [9.17, 15) is 4.79 Å². The number of amides is 1. The average Bonchev–Trinajstić information content (AvgIpc) is 2.84. The maximum atomic E-state index is 12.3. The summed E-state index contributed by atoms with van der Waals surface area (Å²) in [7, 11) is 0. The molecular weight excluding hydrogens is 262 g/mol. The second-order valence-corrected chi connectivity index (χ2v) is 6.81. The molecule has 0 aromatic rings. The van der Waals surface area contributed by atoms with Crippen LogP contribution in [0.3, 0.4) is 0 Å². The highest BCUT2D eigenvalue weighted by atomic mass is 32.2. The minimum Gasteiger partial charge on any atom is -0.409 e. The Morgan fingerprint density at radius 3 is 2.74 bits per heavy atom. The average molecular weight is 287 g/mol. The van der Waals surface area contributed by atoms with E-state index in [1.807, 2.05) is 18.7 Å². The molecular formula is C13H25N3O2S. The molecule has 1 aliphatic carbocycles. The van der Waals surface area contributed by atoms with Crippen molar-refractivity contribution in [2.75, 3.05) is 5.75 Å². The summed E-state index contributed by atoms with van der Waals surface area (Å²) in [5.41, 5.74) is 4.72. The Morgan fingerprint density at radius 1 is 1.53 bits per heavy atom. The summed E-state index contributed by atoms with van der Waals surface area (Å²) in [6, 6.07) is 0.217. The highest BCUT2D eigenvalue weighted by Gasteiger charge is 2.38. The van der Waals surface area contributed by atoms with Crippen LogP contribution in [0, 0.1) is 5.41 Å². The predicted octanol–water partition coefficient (Wildman–Crippen LogP) is 1.94. The van der Waals surface area contributed by atoms with Gasteiger partial charge < -0.3 is 16.3 Å². The van der Waals surface area contributed by atoms with E-state index in [2.05, 4.69) is 17.4 Å². The standard InChI is InChI=1S/C13H25N3O2S/c1-4-13(3,11(14)16-18)12(17)15-9-6-7-10(8-9)19-5-2/h9-10,18H,4-8H2,1-3H3,(H2,14,16)(H,15,17). The highest BCUT2D eigenvalue weighted by molar-refractivity contribution is 7.99.